The van der Waals surface area contributed by atoms with Crippen molar-refractivity contribution in [1.82, 2.24) is 25.8 Å². The summed E-state index contributed by atoms with van der Waals surface area (Å²) >= 11 is 0. The molecule has 3 aliphatic heterocycles. The lowest BCUT2D eigenvalue weighted by atomic mass is 9.81. The Hall–Kier alpha value is -9.44. The third-order valence-corrected chi connectivity index (χ3v) is 22.6. The molecule has 2 atom stereocenters. The number of aromatic nitrogens is 1. The molecule has 111 heavy (non-hydrogen) atoms. The molecule has 0 saturated carbocycles. The van der Waals surface area contributed by atoms with Crippen molar-refractivity contribution in [2.24, 2.45) is 5.73 Å². The highest BCUT2D eigenvalue weighted by molar-refractivity contribution is 7.86. The maximum atomic E-state index is 14.0. The lowest BCUT2D eigenvalue weighted by molar-refractivity contribution is -0.438. The molecule has 1 fully saturated rings. The number of rotatable bonds is 38. The quantitative estimate of drug-likeness (QED) is 0.0113. The van der Waals surface area contributed by atoms with Crippen LogP contribution in [0.15, 0.2) is 148 Å². The molecule has 5 amide bonds. The minimum Gasteiger partial charge on any atom is -0.493 e. The number of primary amides is 1. The molecule has 0 bridgehead atoms. The number of likely N-dealkylation sites (tertiary alicyclic amines) is 1. The SMILES string of the molecule is CC1(C)C(/C=C/C2=C(Oc3ccc(C[C@H](NC(=O)CCOCCOCCNC(=O)CCOc4ccc5nccc(C(=O)NCC(=O)N6CC(F)(F)C[C@H]6C(N)=O)c5c4)C(=O)O)cc3)C(=C/C=C3/N(CCCCS(=O)(=O)O)c4ccc(S(=O)(=O)O)cc4C3(C)C)/CCC2)=[N+](CCCCS(=O)(=O)O)c2ccc(S(=O)(=O)O)cc21. The Morgan fingerprint density at radius 3 is 2.03 bits per heavy atom. The van der Waals surface area contributed by atoms with Crippen molar-refractivity contribution in [3.05, 3.63) is 160 Å². The number of allylic oxidation sites excluding steroid dienone is 7. The predicted molar refractivity (Wildman–Crippen MR) is 401 cm³/mol. The van der Waals surface area contributed by atoms with Gasteiger partial charge in [0.2, 0.25) is 29.3 Å². The van der Waals surface area contributed by atoms with Crippen molar-refractivity contribution in [2.45, 2.75) is 137 Å². The average Bonchev–Trinajstić information content (AvgIpc) is 1.59. The minimum absolute atomic E-state index is 0.0613. The Balaban J connectivity index is 0.811. The van der Waals surface area contributed by atoms with E-state index in [0.29, 0.717) is 97.2 Å². The number of anilines is 1. The number of nitrogens with two attached hydrogens (primary N) is 1. The van der Waals surface area contributed by atoms with Gasteiger partial charge in [-0.15, -0.1) is 0 Å². The molecule has 0 radical (unpaired) electrons. The monoisotopic (exact) mass is 1620 g/mol. The predicted octanol–water partition coefficient (Wildman–Crippen LogP) is 6.69. The van der Waals surface area contributed by atoms with E-state index in [1.807, 2.05) is 61.5 Å². The number of ether oxygens (including phenoxy) is 4. The fraction of sp³-hybridized carbons (Fsp3) is 0.432. The van der Waals surface area contributed by atoms with E-state index < -0.39 is 130 Å². The van der Waals surface area contributed by atoms with Crippen LogP contribution in [0.4, 0.5) is 20.2 Å². The molecule has 600 valence electrons. The summed E-state index contributed by atoms with van der Waals surface area (Å²) < 4.78 is 190. The van der Waals surface area contributed by atoms with E-state index in [2.05, 4.69) is 20.9 Å². The molecule has 4 aromatic carbocycles. The van der Waals surface area contributed by atoms with Crippen LogP contribution in [0.2, 0.25) is 0 Å². The van der Waals surface area contributed by atoms with E-state index in [1.165, 1.54) is 42.6 Å². The lowest BCUT2D eigenvalue weighted by Crippen LogP contribution is -2.47. The Labute approximate surface area is 641 Å². The molecule has 4 heterocycles. The molecule has 0 spiro atoms. The molecule has 0 unspecified atom stereocenters. The van der Waals surface area contributed by atoms with Crippen molar-refractivity contribution >= 4 is 104 Å². The summed E-state index contributed by atoms with van der Waals surface area (Å²) in [5.74, 6) is -8.32. The van der Waals surface area contributed by atoms with Crippen LogP contribution in [0.5, 0.6) is 11.5 Å². The van der Waals surface area contributed by atoms with Crippen LogP contribution in [-0.4, -0.2) is 208 Å². The zero-order valence-corrected chi connectivity index (χ0v) is 64.5. The van der Waals surface area contributed by atoms with Gasteiger partial charge >= 0.3 is 5.97 Å². The summed E-state index contributed by atoms with van der Waals surface area (Å²) in [4.78, 5) is 82.1. The highest BCUT2D eigenvalue weighted by Crippen LogP contribution is 2.49. The first kappa shape index (κ1) is 85.6. The van der Waals surface area contributed by atoms with Gasteiger partial charge in [0.15, 0.2) is 5.71 Å². The molecule has 37 heteroatoms. The zero-order chi connectivity index (χ0) is 81.0. The number of aliphatic carboxylic acids is 1. The van der Waals surface area contributed by atoms with Gasteiger partial charge in [-0.2, -0.15) is 38.2 Å². The highest BCUT2D eigenvalue weighted by Gasteiger charge is 2.50. The van der Waals surface area contributed by atoms with Crippen molar-refractivity contribution in [3.63, 3.8) is 0 Å². The summed E-state index contributed by atoms with van der Waals surface area (Å²) in [5, 5.41) is 18.2. The smallest absolute Gasteiger partial charge is 0.326 e. The number of pyridine rings is 1. The fourth-order valence-corrected chi connectivity index (χ4v) is 15.8. The minimum atomic E-state index is -4.64. The topological polar surface area (TPSA) is 462 Å². The van der Waals surface area contributed by atoms with E-state index >= 15 is 0 Å². The number of alkyl halides is 2. The number of carboxylic acid groups (broad SMARTS) is 1. The van der Waals surface area contributed by atoms with Crippen LogP contribution in [0.1, 0.15) is 119 Å². The second-order valence-corrected chi connectivity index (χ2v) is 34.1. The molecule has 9 rings (SSSR count). The summed E-state index contributed by atoms with van der Waals surface area (Å²) in [6, 6.07) is 18.1. The second kappa shape index (κ2) is 35.9. The van der Waals surface area contributed by atoms with Crippen LogP contribution < -0.4 is 36.1 Å². The van der Waals surface area contributed by atoms with Crippen molar-refractivity contribution in [2.75, 3.05) is 82.2 Å². The molecule has 10 N–H and O–H groups in total. The molecule has 31 nitrogen and oxygen atoms in total. The summed E-state index contributed by atoms with van der Waals surface area (Å²) in [5.41, 5.74) is 9.35. The summed E-state index contributed by atoms with van der Waals surface area (Å²) in [6.45, 7) is 6.48. The van der Waals surface area contributed by atoms with Crippen molar-refractivity contribution < 1.29 is 118 Å². The van der Waals surface area contributed by atoms with Gasteiger partial charge < -0.3 is 55.5 Å². The summed E-state index contributed by atoms with van der Waals surface area (Å²) in [6.07, 6.45) is 9.73. The van der Waals surface area contributed by atoms with Crippen LogP contribution >= 0.6 is 0 Å². The molecular formula is C74H89F2N8O23S4+. The average molecular weight is 1620 g/mol. The summed E-state index contributed by atoms with van der Waals surface area (Å²) in [7, 11) is -17.9. The number of nitrogens with zero attached hydrogens (tertiary/aromatic N) is 4. The molecule has 1 aliphatic carbocycles. The Bertz CT molecular complexity index is 5050. The molecular weight excluding hydrogens is 1540 g/mol. The van der Waals surface area contributed by atoms with E-state index in [1.54, 1.807) is 48.5 Å². The number of carbonyl (C=O) groups is 6. The third kappa shape index (κ3) is 22.9. The van der Waals surface area contributed by atoms with Crippen molar-refractivity contribution in [3.8, 4) is 11.5 Å². The van der Waals surface area contributed by atoms with Crippen LogP contribution in [-0.2, 0) is 91.2 Å². The lowest BCUT2D eigenvalue weighted by Gasteiger charge is -2.27. The highest BCUT2D eigenvalue weighted by atomic mass is 32.2. The van der Waals surface area contributed by atoms with Gasteiger partial charge in [0, 0.05) is 84.9 Å². The first-order chi connectivity index (χ1) is 52.1. The maximum absolute atomic E-state index is 14.0. The number of carboxylic acids is 1. The second-order valence-electron chi connectivity index (χ2n) is 28.1. The number of unbranched alkanes of at least 4 members (excludes halogenated alkanes) is 2. The largest absolute Gasteiger partial charge is 0.493 e. The molecule has 1 aromatic heterocycles. The van der Waals surface area contributed by atoms with Gasteiger partial charge in [0.25, 0.3) is 52.3 Å². The van der Waals surface area contributed by atoms with E-state index in [0.717, 1.165) is 0 Å². The number of amides is 5. The number of halogens is 2. The first-order valence-corrected chi connectivity index (χ1v) is 41.6. The van der Waals surface area contributed by atoms with Gasteiger partial charge in [0.05, 0.1) is 90.3 Å². The van der Waals surface area contributed by atoms with E-state index in [9.17, 15) is 94.5 Å². The maximum Gasteiger partial charge on any atom is 0.326 e. The Morgan fingerprint density at radius 2 is 1.36 bits per heavy atom. The number of hydrogen-bond acceptors (Lipinski definition) is 20. The van der Waals surface area contributed by atoms with Gasteiger partial charge in [-0.3, -0.25) is 47.2 Å². The van der Waals surface area contributed by atoms with Crippen molar-refractivity contribution in [1.29, 1.82) is 0 Å². The number of nitrogens with one attached hydrogen (secondary N) is 3. The van der Waals surface area contributed by atoms with Gasteiger partial charge in [-0.05, 0) is 154 Å². The number of carbonyl (C=O) groups excluding carboxylic acids is 5. The third-order valence-electron chi connectivity index (χ3n) is 19.3. The number of benzene rings is 4. The van der Waals surface area contributed by atoms with Gasteiger partial charge in [0.1, 0.15) is 35.9 Å². The molecule has 1 saturated heterocycles. The van der Waals surface area contributed by atoms with E-state index in [-0.39, 0.29) is 125 Å². The Kier molecular flexibility index (Phi) is 27.7. The standard InChI is InChI=1S/C74H88F2N8O23S4/c1-72(2)56-42-52(110(98,99)100)19-22-60(56)82(31-5-7-38-108(92,93)94)63(72)24-14-48-10-9-11-49(15-25-64-73(3,4)57-43-53(111(101,102)103)20-23-61(57)83(64)32-6-8-39-109(95,96)97)68(48)107-50-16-12-47(13-17-50)40-59(71(90)91)81-66(86)27-33-104-36-37-105-35-30-79-65(85)28-34-106-51-18-21-58-55(41-51)54(26-29-78-58)70(89)80-45-67(87)84-46-74(75,76)44-62(84)69(77)88/h12-26,29,41-43,59,62H,5-11,27-28,30-40,44-46H2,1-4H3,(H9-,77,79,80,81,85,86,88,89,90,91,92,93,94,95,96,97,98,99,100,101,102,103)/p+1/t59-,62-/m0/s1. The molecule has 4 aliphatic rings. The van der Waals surface area contributed by atoms with E-state index in [4.69, 9.17) is 24.7 Å². The molecule has 5 aromatic rings. The number of hydrogen-bond donors (Lipinski definition) is 9. The van der Waals surface area contributed by atoms with Crippen LogP contribution in [0, 0.1) is 0 Å². The first-order valence-electron chi connectivity index (χ1n) is 35.5. The van der Waals surface area contributed by atoms with Crippen LogP contribution in [0.3, 0.4) is 0 Å². The zero-order valence-electron chi connectivity index (χ0n) is 61.2. The normalized spacial score (nSPS) is 17.8. The van der Waals surface area contributed by atoms with Crippen LogP contribution in [0.25, 0.3) is 10.9 Å². The van der Waals surface area contributed by atoms with Gasteiger partial charge in [-0.25, -0.2) is 13.6 Å². The Morgan fingerprint density at radius 1 is 0.712 bits per heavy atom. The fourth-order valence-electron chi connectivity index (χ4n) is 13.6. The van der Waals surface area contributed by atoms with Gasteiger partial charge in [-0.1, -0.05) is 32.1 Å². The number of fused-ring (bicyclic) bond motifs is 3.